The Labute approximate surface area is 171 Å². The third-order valence-electron chi connectivity index (χ3n) is 6.00. The van der Waals surface area contributed by atoms with Crippen LogP contribution in [-0.2, 0) is 18.3 Å². The van der Waals surface area contributed by atoms with Crippen molar-refractivity contribution in [3.63, 3.8) is 0 Å². The molecule has 1 aromatic carbocycles. The molecule has 1 aliphatic rings. The molecule has 1 amide bonds. The summed E-state index contributed by atoms with van der Waals surface area (Å²) in [5.41, 5.74) is 5.99. The minimum Gasteiger partial charge on any atom is -0.356 e. The molecule has 0 bridgehead atoms. The molecule has 0 N–H and O–H groups in total. The minimum absolute atomic E-state index is 0.0405. The number of carbonyl (C=O) groups excluding carboxylic acids is 1. The maximum Gasteiger partial charge on any atom is 0.227 e. The van der Waals surface area contributed by atoms with Crippen LogP contribution < -0.4 is 0 Å². The maximum atomic E-state index is 13.3. The van der Waals surface area contributed by atoms with Gasteiger partial charge >= 0.3 is 0 Å². The minimum atomic E-state index is -0.0405. The number of hydrogen-bond acceptors (Lipinski definition) is 4. The molecule has 2 aromatic heterocycles. The van der Waals surface area contributed by atoms with Crippen molar-refractivity contribution in [1.82, 2.24) is 19.8 Å². The van der Waals surface area contributed by atoms with Gasteiger partial charge in [0.05, 0.1) is 29.4 Å². The van der Waals surface area contributed by atoms with E-state index in [1.165, 1.54) is 0 Å². The van der Waals surface area contributed by atoms with Crippen molar-refractivity contribution in [2.45, 2.75) is 52.5 Å². The molecule has 0 spiro atoms. The fourth-order valence-electron chi connectivity index (χ4n) is 4.18. The largest absolute Gasteiger partial charge is 0.356 e. The second-order valence-electron chi connectivity index (χ2n) is 8.03. The van der Waals surface area contributed by atoms with E-state index in [9.17, 15) is 4.79 Å². The lowest BCUT2D eigenvalue weighted by molar-refractivity contribution is -0.134. The molecule has 4 rings (SSSR count). The predicted octanol–water partition coefficient (Wildman–Crippen LogP) is 4.30. The normalized spacial score (nSPS) is 17.0. The molecule has 0 saturated carbocycles. The monoisotopic (exact) mass is 392 g/mol. The molecule has 1 fully saturated rings. The van der Waals surface area contributed by atoms with Crippen molar-refractivity contribution in [2.75, 3.05) is 6.54 Å². The van der Waals surface area contributed by atoms with E-state index in [2.05, 4.69) is 18.1 Å². The molecule has 0 radical (unpaired) electrons. The van der Waals surface area contributed by atoms with Gasteiger partial charge in [0.1, 0.15) is 0 Å². The molecule has 6 heteroatoms. The van der Waals surface area contributed by atoms with Crippen LogP contribution in [0.4, 0.5) is 0 Å². The summed E-state index contributed by atoms with van der Waals surface area (Å²) in [6.45, 7) is 6.78. The van der Waals surface area contributed by atoms with Crippen LogP contribution in [0.15, 0.2) is 35.0 Å². The van der Waals surface area contributed by atoms with Crippen LogP contribution in [-0.4, -0.2) is 32.3 Å². The zero-order chi connectivity index (χ0) is 20.5. The molecule has 29 heavy (non-hydrogen) atoms. The molecule has 1 atom stereocenters. The summed E-state index contributed by atoms with van der Waals surface area (Å²) >= 11 is 0. The summed E-state index contributed by atoms with van der Waals surface area (Å²) in [6.07, 6.45) is 5.42. The van der Waals surface area contributed by atoms with E-state index in [4.69, 9.17) is 9.62 Å². The molecule has 1 aliphatic heterocycles. The van der Waals surface area contributed by atoms with Crippen LogP contribution in [0.5, 0.6) is 0 Å². The summed E-state index contributed by atoms with van der Waals surface area (Å²) in [4.78, 5) is 15.3. The topological polar surface area (TPSA) is 64.2 Å². The van der Waals surface area contributed by atoms with E-state index < -0.39 is 0 Å². The van der Waals surface area contributed by atoms with Crippen LogP contribution in [0.1, 0.15) is 53.4 Å². The first-order valence-corrected chi connectivity index (χ1v) is 10.3. The average Bonchev–Trinajstić information content (AvgIpc) is 3.25. The number of aromatic nitrogens is 3. The molecule has 0 unspecified atom stereocenters. The van der Waals surface area contributed by atoms with Gasteiger partial charge in [-0.2, -0.15) is 5.10 Å². The zero-order valence-corrected chi connectivity index (χ0v) is 17.6. The van der Waals surface area contributed by atoms with E-state index in [0.717, 1.165) is 65.2 Å². The number of carbonyl (C=O) groups is 1. The summed E-state index contributed by atoms with van der Waals surface area (Å²) in [7, 11) is 1.91. The molecule has 0 aliphatic carbocycles. The van der Waals surface area contributed by atoms with Crippen molar-refractivity contribution in [3.05, 3.63) is 58.5 Å². The number of amides is 1. The highest BCUT2D eigenvalue weighted by molar-refractivity contribution is 5.80. The molecular weight excluding hydrogens is 364 g/mol. The maximum absolute atomic E-state index is 13.3. The Morgan fingerprint density at radius 2 is 2.00 bits per heavy atom. The quantitative estimate of drug-likeness (QED) is 0.664. The van der Waals surface area contributed by atoms with Gasteiger partial charge < -0.3 is 9.42 Å². The fourth-order valence-corrected chi connectivity index (χ4v) is 4.18. The lowest BCUT2D eigenvalue weighted by Gasteiger charge is -2.35. The molecule has 3 heterocycles. The summed E-state index contributed by atoms with van der Waals surface area (Å²) in [5, 5.41) is 8.87. The van der Waals surface area contributed by atoms with E-state index in [-0.39, 0.29) is 11.9 Å². The molecular formula is C23H28N4O2. The summed E-state index contributed by atoms with van der Waals surface area (Å²) in [5.74, 6) is 0.911. The number of likely N-dealkylation sites (tertiary alicyclic amines) is 1. The number of rotatable bonds is 4. The van der Waals surface area contributed by atoms with Gasteiger partial charge in [-0.3, -0.25) is 9.48 Å². The fraction of sp³-hybridized carbons (Fsp3) is 0.435. The zero-order valence-electron chi connectivity index (χ0n) is 17.6. The first kappa shape index (κ1) is 19.4. The molecule has 1 saturated heterocycles. The van der Waals surface area contributed by atoms with Gasteiger partial charge in [0.25, 0.3) is 0 Å². The van der Waals surface area contributed by atoms with Crippen LogP contribution in [0.2, 0.25) is 0 Å². The number of piperidine rings is 1. The number of benzene rings is 1. The van der Waals surface area contributed by atoms with Gasteiger partial charge in [0.15, 0.2) is 5.76 Å². The van der Waals surface area contributed by atoms with Crippen molar-refractivity contribution >= 4 is 5.91 Å². The van der Waals surface area contributed by atoms with Crippen molar-refractivity contribution in [3.8, 4) is 11.3 Å². The van der Waals surface area contributed by atoms with Gasteiger partial charge in [-0.15, -0.1) is 0 Å². The first-order chi connectivity index (χ1) is 14.0. The second-order valence-corrected chi connectivity index (χ2v) is 8.03. The Hall–Kier alpha value is -2.89. The molecule has 152 valence electrons. The second kappa shape index (κ2) is 7.85. The Balaban J connectivity index is 1.67. The van der Waals surface area contributed by atoms with E-state index >= 15 is 0 Å². The van der Waals surface area contributed by atoms with Crippen molar-refractivity contribution < 1.29 is 9.32 Å². The van der Waals surface area contributed by atoms with E-state index in [1.54, 1.807) is 4.68 Å². The van der Waals surface area contributed by atoms with Crippen molar-refractivity contribution in [2.24, 2.45) is 7.05 Å². The van der Waals surface area contributed by atoms with Crippen LogP contribution in [0.25, 0.3) is 11.3 Å². The van der Waals surface area contributed by atoms with E-state index in [0.29, 0.717) is 6.42 Å². The summed E-state index contributed by atoms with van der Waals surface area (Å²) in [6, 6.07) is 8.06. The standard InChI is InChI=1S/C23H28N4O2/c1-15-9-5-6-10-18(15)13-21(28)27-12-8-7-11-20(27)22-19(14-26(4)24-22)23-16(2)17(3)25-29-23/h5-6,9-10,14,20H,7-8,11-13H2,1-4H3/t20-/m0/s1. The molecule has 3 aromatic rings. The Kier molecular flexibility index (Phi) is 5.26. The number of hydrogen-bond donors (Lipinski definition) is 0. The number of aryl methyl sites for hydroxylation is 3. The third-order valence-corrected chi connectivity index (χ3v) is 6.00. The SMILES string of the molecule is Cc1ccccc1CC(=O)N1CCCC[C@H]1c1nn(C)cc1-c1onc(C)c1C. The highest BCUT2D eigenvalue weighted by Gasteiger charge is 2.33. The highest BCUT2D eigenvalue weighted by Crippen LogP contribution is 2.38. The first-order valence-electron chi connectivity index (χ1n) is 10.3. The Morgan fingerprint density at radius 1 is 1.21 bits per heavy atom. The third kappa shape index (κ3) is 3.71. The lowest BCUT2D eigenvalue weighted by Crippen LogP contribution is -2.39. The van der Waals surface area contributed by atoms with Gasteiger partial charge in [-0.25, -0.2) is 0 Å². The predicted molar refractivity (Wildman–Crippen MR) is 111 cm³/mol. The smallest absolute Gasteiger partial charge is 0.227 e. The Bertz CT molecular complexity index is 1030. The van der Waals surface area contributed by atoms with Crippen LogP contribution in [0, 0.1) is 20.8 Å². The lowest BCUT2D eigenvalue weighted by atomic mass is 9.94. The van der Waals surface area contributed by atoms with Crippen LogP contribution >= 0.6 is 0 Å². The van der Waals surface area contributed by atoms with Gasteiger partial charge in [-0.05, 0) is 51.2 Å². The van der Waals surface area contributed by atoms with Gasteiger partial charge in [-0.1, -0.05) is 29.4 Å². The molecule has 6 nitrogen and oxygen atoms in total. The van der Waals surface area contributed by atoms with Gasteiger partial charge in [0, 0.05) is 25.4 Å². The average molecular weight is 393 g/mol. The Morgan fingerprint density at radius 3 is 2.72 bits per heavy atom. The van der Waals surface area contributed by atoms with Crippen LogP contribution in [0.3, 0.4) is 0 Å². The van der Waals surface area contributed by atoms with Crippen molar-refractivity contribution in [1.29, 1.82) is 0 Å². The highest BCUT2D eigenvalue weighted by atomic mass is 16.5. The summed E-state index contributed by atoms with van der Waals surface area (Å²) < 4.78 is 7.43. The van der Waals surface area contributed by atoms with E-state index in [1.807, 2.05) is 50.2 Å². The van der Waals surface area contributed by atoms with Gasteiger partial charge in [0.2, 0.25) is 5.91 Å². The number of nitrogens with zero attached hydrogens (tertiary/aromatic N) is 4.